The van der Waals surface area contributed by atoms with Crippen molar-refractivity contribution in [2.75, 3.05) is 28.4 Å². The summed E-state index contributed by atoms with van der Waals surface area (Å²) in [5.74, 6) is 2.07. The van der Waals surface area contributed by atoms with Gasteiger partial charge >= 0.3 is 11.3 Å². The third-order valence-electron chi connectivity index (χ3n) is 6.60. The number of nitrogens with zero attached hydrogens (tertiary/aromatic N) is 2. The van der Waals surface area contributed by atoms with Crippen LogP contribution in [0.15, 0.2) is 79.1 Å². The summed E-state index contributed by atoms with van der Waals surface area (Å²) >= 11 is 0. The summed E-state index contributed by atoms with van der Waals surface area (Å²) in [6.07, 6.45) is 0. The van der Waals surface area contributed by atoms with Crippen molar-refractivity contribution in [3.63, 3.8) is 0 Å². The molecule has 200 valence electrons. The van der Waals surface area contributed by atoms with E-state index in [1.807, 2.05) is 24.3 Å². The number of hydrogen-bond acceptors (Lipinski definition) is 10. The normalized spacial score (nSPS) is 11.2. The maximum absolute atomic E-state index is 12.7. The molecule has 10 heteroatoms. The van der Waals surface area contributed by atoms with Crippen LogP contribution in [0.2, 0.25) is 0 Å². The van der Waals surface area contributed by atoms with Gasteiger partial charge in [0.1, 0.15) is 0 Å². The standard InChI is InChI=1S/C30H22N2O8/c1-35-23-11-19-21(13-25(23)37-3)31-27(39-29(19)33)17-7-5-16-10-18(8-6-15(16)9-17)28-32-22-14-26(38-4)24(36-2)12-20(22)30(34)40-28/h5-14H,1-4H3. The van der Waals surface area contributed by atoms with Crippen molar-refractivity contribution in [1.82, 2.24) is 9.97 Å². The van der Waals surface area contributed by atoms with E-state index in [9.17, 15) is 9.59 Å². The maximum atomic E-state index is 12.7. The number of ether oxygens (including phenoxy) is 4. The molecule has 4 aromatic carbocycles. The van der Waals surface area contributed by atoms with Gasteiger partial charge in [0.05, 0.1) is 50.2 Å². The lowest BCUT2D eigenvalue weighted by Crippen LogP contribution is -2.04. The fraction of sp³-hybridized carbons (Fsp3) is 0.133. The number of benzene rings is 4. The lowest BCUT2D eigenvalue weighted by Gasteiger charge is -2.10. The van der Waals surface area contributed by atoms with E-state index in [-0.39, 0.29) is 22.6 Å². The lowest BCUT2D eigenvalue weighted by molar-refractivity contribution is 0.355. The molecule has 10 nitrogen and oxygen atoms in total. The summed E-state index contributed by atoms with van der Waals surface area (Å²) in [5, 5.41) is 2.28. The highest BCUT2D eigenvalue weighted by Gasteiger charge is 2.16. The minimum Gasteiger partial charge on any atom is -0.493 e. The van der Waals surface area contributed by atoms with E-state index in [4.69, 9.17) is 27.8 Å². The van der Waals surface area contributed by atoms with Gasteiger partial charge in [-0.15, -0.1) is 0 Å². The van der Waals surface area contributed by atoms with Crippen molar-refractivity contribution in [2.45, 2.75) is 0 Å². The fourth-order valence-electron chi connectivity index (χ4n) is 4.56. The molecule has 0 fully saturated rings. The first-order valence-electron chi connectivity index (χ1n) is 12.1. The van der Waals surface area contributed by atoms with E-state index >= 15 is 0 Å². The molecule has 0 aliphatic carbocycles. The van der Waals surface area contributed by atoms with Crippen molar-refractivity contribution in [3.05, 3.63) is 81.5 Å². The molecular weight excluding hydrogens is 516 g/mol. The minimum absolute atomic E-state index is 0.169. The van der Waals surface area contributed by atoms with Gasteiger partial charge in [-0.1, -0.05) is 12.1 Å². The third kappa shape index (κ3) is 4.15. The van der Waals surface area contributed by atoms with Gasteiger partial charge in [0.25, 0.3) is 0 Å². The number of aromatic nitrogens is 2. The third-order valence-corrected chi connectivity index (χ3v) is 6.60. The van der Waals surface area contributed by atoms with Crippen LogP contribution in [-0.4, -0.2) is 38.4 Å². The quantitative estimate of drug-likeness (QED) is 0.279. The predicted molar refractivity (Wildman–Crippen MR) is 149 cm³/mol. The van der Waals surface area contributed by atoms with E-state index in [0.29, 0.717) is 45.2 Å². The Morgan fingerprint density at radius 2 is 0.900 bits per heavy atom. The van der Waals surface area contributed by atoms with Crippen molar-refractivity contribution < 1.29 is 27.8 Å². The Labute approximate surface area is 226 Å². The summed E-state index contributed by atoms with van der Waals surface area (Å²) < 4.78 is 32.3. The van der Waals surface area contributed by atoms with Crippen LogP contribution in [0.3, 0.4) is 0 Å². The molecule has 2 aromatic heterocycles. The summed E-state index contributed by atoms with van der Waals surface area (Å²) in [6.45, 7) is 0. The Kier molecular flexibility index (Phi) is 6.07. The average molecular weight is 539 g/mol. The molecule has 0 aliphatic rings. The zero-order chi connectivity index (χ0) is 28.0. The zero-order valence-electron chi connectivity index (χ0n) is 21.9. The molecule has 0 saturated heterocycles. The second-order valence-electron chi connectivity index (χ2n) is 8.84. The molecule has 0 aliphatic heterocycles. The molecule has 0 amide bonds. The van der Waals surface area contributed by atoms with Gasteiger partial charge in [-0.05, 0) is 35.0 Å². The maximum Gasteiger partial charge on any atom is 0.347 e. The Hall–Kier alpha value is -5.38. The summed E-state index contributed by atoms with van der Waals surface area (Å²) in [4.78, 5) is 34.6. The van der Waals surface area contributed by atoms with Gasteiger partial charge in [0.15, 0.2) is 23.0 Å². The molecule has 2 heterocycles. The Morgan fingerprint density at radius 3 is 1.27 bits per heavy atom. The van der Waals surface area contributed by atoms with Crippen molar-refractivity contribution in [1.29, 1.82) is 0 Å². The molecule has 0 N–H and O–H groups in total. The van der Waals surface area contributed by atoms with Gasteiger partial charge in [0, 0.05) is 35.4 Å². The van der Waals surface area contributed by atoms with Crippen LogP contribution in [0.1, 0.15) is 0 Å². The molecular formula is C30H22N2O8. The van der Waals surface area contributed by atoms with E-state index in [1.165, 1.54) is 28.4 Å². The molecule has 0 radical (unpaired) electrons. The predicted octanol–water partition coefficient (Wildman–Crippen LogP) is 5.21. The Bertz CT molecular complexity index is 1910. The molecule has 0 bridgehead atoms. The smallest absolute Gasteiger partial charge is 0.347 e. The first kappa shape index (κ1) is 24.9. The van der Waals surface area contributed by atoms with E-state index in [0.717, 1.165) is 10.8 Å². The molecule has 0 atom stereocenters. The van der Waals surface area contributed by atoms with Crippen LogP contribution in [0.25, 0.3) is 55.5 Å². The van der Waals surface area contributed by atoms with Gasteiger partial charge < -0.3 is 27.8 Å². The van der Waals surface area contributed by atoms with Crippen LogP contribution < -0.4 is 30.2 Å². The van der Waals surface area contributed by atoms with Crippen LogP contribution >= 0.6 is 0 Å². The van der Waals surface area contributed by atoms with Crippen LogP contribution in [-0.2, 0) is 0 Å². The Morgan fingerprint density at radius 1 is 0.525 bits per heavy atom. The van der Waals surface area contributed by atoms with Gasteiger partial charge in [0.2, 0.25) is 11.8 Å². The highest BCUT2D eigenvalue weighted by molar-refractivity contribution is 5.90. The molecule has 0 saturated carbocycles. The second-order valence-corrected chi connectivity index (χ2v) is 8.84. The summed E-state index contributed by atoms with van der Waals surface area (Å²) in [7, 11) is 6.01. The molecule has 0 spiro atoms. The van der Waals surface area contributed by atoms with Crippen molar-refractivity contribution in [3.8, 4) is 45.9 Å². The number of hydrogen-bond donors (Lipinski definition) is 0. The van der Waals surface area contributed by atoms with Crippen molar-refractivity contribution >= 4 is 32.6 Å². The highest BCUT2D eigenvalue weighted by Crippen LogP contribution is 2.33. The topological polar surface area (TPSA) is 123 Å². The summed E-state index contributed by atoms with van der Waals surface area (Å²) in [6, 6.07) is 17.4. The van der Waals surface area contributed by atoms with Crippen LogP contribution in [0.4, 0.5) is 0 Å². The van der Waals surface area contributed by atoms with E-state index < -0.39 is 11.3 Å². The SMILES string of the molecule is COc1cc2nc(-c3ccc4cc(-c5nc6cc(OC)c(OC)cc6c(=O)o5)ccc4c3)oc(=O)c2cc1OC. The number of fused-ring (bicyclic) bond motifs is 3. The largest absolute Gasteiger partial charge is 0.493 e. The fourth-order valence-corrected chi connectivity index (χ4v) is 4.56. The lowest BCUT2D eigenvalue weighted by atomic mass is 10.0. The van der Waals surface area contributed by atoms with Gasteiger partial charge in [-0.2, -0.15) is 0 Å². The molecule has 6 aromatic rings. The van der Waals surface area contributed by atoms with E-state index in [2.05, 4.69) is 9.97 Å². The molecule has 0 unspecified atom stereocenters. The second kappa shape index (κ2) is 9.73. The van der Waals surface area contributed by atoms with Crippen LogP contribution in [0.5, 0.6) is 23.0 Å². The van der Waals surface area contributed by atoms with E-state index in [1.54, 1.807) is 36.4 Å². The average Bonchev–Trinajstić information content (AvgIpc) is 2.99. The first-order chi connectivity index (χ1) is 19.4. The first-order valence-corrected chi connectivity index (χ1v) is 12.1. The summed E-state index contributed by atoms with van der Waals surface area (Å²) in [5.41, 5.74) is 0.999. The monoisotopic (exact) mass is 538 g/mol. The highest BCUT2D eigenvalue weighted by atomic mass is 16.5. The Balaban J connectivity index is 1.41. The van der Waals surface area contributed by atoms with Crippen molar-refractivity contribution in [2.24, 2.45) is 0 Å². The van der Waals surface area contributed by atoms with Gasteiger partial charge in [-0.3, -0.25) is 0 Å². The molecule has 6 rings (SSSR count). The van der Waals surface area contributed by atoms with Crippen LogP contribution in [0, 0.1) is 0 Å². The number of rotatable bonds is 6. The zero-order valence-corrected chi connectivity index (χ0v) is 21.9. The van der Waals surface area contributed by atoms with Gasteiger partial charge in [-0.25, -0.2) is 19.6 Å². The molecule has 40 heavy (non-hydrogen) atoms. The minimum atomic E-state index is -0.539. The number of methoxy groups -OCH3 is 4.